The number of hydrogen-bond acceptors (Lipinski definition) is 5. The number of anilines is 3. The van der Waals surface area contributed by atoms with Gasteiger partial charge >= 0.3 is 10.2 Å². The average molecular weight is 384 g/mol. The van der Waals surface area contributed by atoms with Gasteiger partial charge in [-0.1, -0.05) is 30.3 Å². The molecule has 3 rings (SSSR count). The number of rotatable bonds is 7. The molecule has 2 N–H and O–H groups in total. The third kappa shape index (κ3) is 4.96. The van der Waals surface area contributed by atoms with Crippen LogP contribution in [0, 0.1) is 0 Å². The van der Waals surface area contributed by atoms with E-state index >= 15 is 0 Å². The molecule has 0 unspecified atom stereocenters. The number of para-hydroxylation sites is 3. The molecular formula is C19H20N4O3S. The lowest BCUT2D eigenvalue weighted by Gasteiger charge is -2.14. The predicted octanol–water partition coefficient (Wildman–Crippen LogP) is 3.84. The van der Waals surface area contributed by atoms with Crippen LogP contribution in [-0.4, -0.2) is 31.8 Å². The molecule has 0 atom stereocenters. The van der Waals surface area contributed by atoms with Crippen LogP contribution < -0.4 is 14.8 Å². The van der Waals surface area contributed by atoms with Gasteiger partial charge in [-0.2, -0.15) is 12.7 Å². The van der Waals surface area contributed by atoms with Crippen molar-refractivity contribution in [2.45, 2.75) is 0 Å². The summed E-state index contributed by atoms with van der Waals surface area (Å²) >= 11 is 0. The molecule has 0 saturated carbocycles. The summed E-state index contributed by atoms with van der Waals surface area (Å²) in [6, 6.07) is 20.4. The Kier molecular flexibility index (Phi) is 5.58. The van der Waals surface area contributed by atoms with E-state index in [2.05, 4.69) is 15.0 Å². The molecule has 3 aromatic rings. The Morgan fingerprint density at radius 2 is 1.63 bits per heavy atom. The number of nitrogens with zero attached hydrogens (tertiary/aromatic N) is 2. The molecule has 1 heterocycles. The molecule has 8 heteroatoms. The standard InChI is InChI=1S/C19H20N4O3S/c1-23(2)27(24,25)22-19-13-12-15(14-20-19)21-17-10-6-7-11-18(17)26-16-8-4-3-5-9-16/h3-14,21H,1-2H3,(H,20,22). The van der Waals surface area contributed by atoms with Gasteiger partial charge in [-0.05, 0) is 36.4 Å². The Labute approximate surface area is 158 Å². The van der Waals surface area contributed by atoms with Crippen molar-refractivity contribution >= 4 is 27.4 Å². The topological polar surface area (TPSA) is 83.6 Å². The van der Waals surface area contributed by atoms with Crippen LogP contribution in [0.5, 0.6) is 11.5 Å². The van der Waals surface area contributed by atoms with Gasteiger partial charge in [0.15, 0.2) is 5.75 Å². The van der Waals surface area contributed by atoms with Crippen molar-refractivity contribution in [2.24, 2.45) is 0 Å². The third-order valence-corrected chi connectivity index (χ3v) is 5.04. The number of benzene rings is 2. The van der Waals surface area contributed by atoms with E-state index in [0.717, 1.165) is 15.7 Å². The monoisotopic (exact) mass is 384 g/mol. The normalized spacial score (nSPS) is 11.2. The Morgan fingerprint density at radius 1 is 0.926 bits per heavy atom. The van der Waals surface area contributed by atoms with Crippen LogP contribution in [0.4, 0.5) is 17.2 Å². The lowest BCUT2D eigenvalue weighted by molar-refractivity contribution is 0.485. The zero-order valence-corrected chi connectivity index (χ0v) is 15.8. The second-order valence-corrected chi connectivity index (χ2v) is 7.74. The molecule has 0 aliphatic carbocycles. The van der Waals surface area contributed by atoms with E-state index in [4.69, 9.17) is 4.74 Å². The van der Waals surface area contributed by atoms with Gasteiger partial charge in [0.1, 0.15) is 11.6 Å². The number of ether oxygens (including phenoxy) is 1. The molecule has 0 saturated heterocycles. The van der Waals surface area contributed by atoms with Crippen molar-refractivity contribution in [3.8, 4) is 11.5 Å². The van der Waals surface area contributed by atoms with Gasteiger partial charge in [-0.25, -0.2) is 4.98 Å². The molecule has 7 nitrogen and oxygen atoms in total. The van der Waals surface area contributed by atoms with Crippen molar-refractivity contribution in [1.29, 1.82) is 0 Å². The summed E-state index contributed by atoms with van der Waals surface area (Å²) in [6.07, 6.45) is 1.55. The minimum atomic E-state index is -3.58. The maximum Gasteiger partial charge on any atom is 0.302 e. The lowest BCUT2D eigenvalue weighted by Crippen LogP contribution is -2.29. The van der Waals surface area contributed by atoms with Crippen LogP contribution in [0.2, 0.25) is 0 Å². The van der Waals surface area contributed by atoms with Gasteiger partial charge < -0.3 is 10.1 Å². The van der Waals surface area contributed by atoms with Gasteiger partial charge in [-0.15, -0.1) is 0 Å². The van der Waals surface area contributed by atoms with Gasteiger partial charge in [0.25, 0.3) is 0 Å². The smallest absolute Gasteiger partial charge is 0.302 e. The van der Waals surface area contributed by atoms with E-state index in [1.54, 1.807) is 18.3 Å². The van der Waals surface area contributed by atoms with E-state index in [-0.39, 0.29) is 5.82 Å². The number of aromatic nitrogens is 1. The molecule has 27 heavy (non-hydrogen) atoms. The first-order valence-electron chi connectivity index (χ1n) is 8.19. The molecule has 2 aromatic carbocycles. The molecule has 0 radical (unpaired) electrons. The summed E-state index contributed by atoms with van der Waals surface area (Å²) in [6.45, 7) is 0. The molecular weight excluding hydrogens is 364 g/mol. The van der Waals surface area contributed by atoms with E-state index in [1.807, 2.05) is 54.6 Å². The quantitative estimate of drug-likeness (QED) is 0.647. The lowest BCUT2D eigenvalue weighted by atomic mass is 10.2. The highest BCUT2D eigenvalue weighted by Crippen LogP contribution is 2.31. The molecule has 0 aliphatic heterocycles. The Hall–Kier alpha value is -3.10. The second kappa shape index (κ2) is 8.07. The first-order valence-corrected chi connectivity index (χ1v) is 9.63. The van der Waals surface area contributed by atoms with Gasteiger partial charge in [0.05, 0.1) is 17.6 Å². The summed E-state index contributed by atoms with van der Waals surface area (Å²) in [7, 11) is -0.691. The van der Waals surface area contributed by atoms with Crippen LogP contribution in [0.1, 0.15) is 0 Å². The SMILES string of the molecule is CN(C)S(=O)(=O)Nc1ccc(Nc2ccccc2Oc2ccccc2)cn1. The molecule has 0 spiro atoms. The zero-order valence-electron chi connectivity index (χ0n) is 15.0. The Morgan fingerprint density at radius 3 is 2.30 bits per heavy atom. The van der Waals surface area contributed by atoms with Crippen LogP contribution in [0.25, 0.3) is 0 Å². The fraction of sp³-hybridized carbons (Fsp3) is 0.105. The zero-order chi connectivity index (χ0) is 19.3. The maximum atomic E-state index is 11.8. The number of pyridine rings is 1. The second-order valence-electron chi connectivity index (χ2n) is 5.86. The van der Waals surface area contributed by atoms with Crippen molar-refractivity contribution < 1.29 is 13.2 Å². The van der Waals surface area contributed by atoms with Crippen molar-refractivity contribution in [3.63, 3.8) is 0 Å². The van der Waals surface area contributed by atoms with Crippen LogP contribution in [0.3, 0.4) is 0 Å². The summed E-state index contributed by atoms with van der Waals surface area (Å²) in [5, 5.41) is 3.23. The average Bonchev–Trinajstić information content (AvgIpc) is 2.65. The highest BCUT2D eigenvalue weighted by atomic mass is 32.2. The Balaban J connectivity index is 1.74. The molecule has 0 fully saturated rings. The predicted molar refractivity (Wildman–Crippen MR) is 107 cm³/mol. The number of nitrogens with one attached hydrogen (secondary N) is 2. The van der Waals surface area contributed by atoms with Gasteiger partial charge in [-0.3, -0.25) is 4.72 Å². The largest absolute Gasteiger partial charge is 0.455 e. The fourth-order valence-electron chi connectivity index (χ4n) is 2.18. The molecule has 0 aliphatic rings. The van der Waals surface area contributed by atoms with E-state index in [0.29, 0.717) is 11.4 Å². The maximum absolute atomic E-state index is 11.8. The Bertz CT molecular complexity index is 991. The van der Waals surface area contributed by atoms with E-state index in [9.17, 15) is 8.42 Å². The van der Waals surface area contributed by atoms with Crippen LogP contribution >= 0.6 is 0 Å². The van der Waals surface area contributed by atoms with Crippen molar-refractivity contribution in [2.75, 3.05) is 24.1 Å². The summed E-state index contributed by atoms with van der Waals surface area (Å²) in [5.74, 6) is 1.64. The summed E-state index contributed by atoms with van der Waals surface area (Å²) < 4.78 is 33.1. The van der Waals surface area contributed by atoms with E-state index in [1.165, 1.54) is 14.1 Å². The van der Waals surface area contributed by atoms with Crippen molar-refractivity contribution in [1.82, 2.24) is 9.29 Å². The minimum Gasteiger partial charge on any atom is -0.455 e. The number of hydrogen-bond donors (Lipinski definition) is 2. The molecule has 1 aromatic heterocycles. The highest BCUT2D eigenvalue weighted by Gasteiger charge is 2.13. The summed E-state index contributed by atoms with van der Waals surface area (Å²) in [5.41, 5.74) is 1.47. The third-order valence-electron chi connectivity index (χ3n) is 3.61. The summed E-state index contributed by atoms with van der Waals surface area (Å²) in [4.78, 5) is 4.14. The van der Waals surface area contributed by atoms with E-state index < -0.39 is 10.2 Å². The van der Waals surface area contributed by atoms with Gasteiger partial charge in [0, 0.05) is 14.1 Å². The minimum absolute atomic E-state index is 0.239. The molecule has 140 valence electrons. The fourth-order valence-corrected chi connectivity index (χ4v) is 2.75. The van der Waals surface area contributed by atoms with Crippen LogP contribution in [-0.2, 0) is 10.2 Å². The first-order chi connectivity index (χ1) is 12.9. The van der Waals surface area contributed by atoms with Crippen LogP contribution in [0.15, 0.2) is 72.9 Å². The molecule has 0 amide bonds. The van der Waals surface area contributed by atoms with Crippen molar-refractivity contribution in [3.05, 3.63) is 72.9 Å². The van der Waals surface area contributed by atoms with Gasteiger partial charge in [0.2, 0.25) is 0 Å². The highest BCUT2D eigenvalue weighted by molar-refractivity contribution is 7.90. The first kappa shape index (κ1) is 18.7. The molecule has 0 bridgehead atoms.